The van der Waals surface area contributed by atoms with Gasteiger partial charge < -0.3 is 0 Å². The summed E-state index contributed by atoms with van der Waals surface area (Å²) in [6, 6.07) is 1.34. The number of hydrogen-bond donors (Lipinski definition) is 1. The zero-order chi connectivity index (χ0) is 13.9. The Morgan fingerprint density at radius 3 is 2.50 bits per heavy atom. The second kappa shape index (κ2) is 7.04. The number of thiophene rings is 1. The molecule has 104 valence electrons. The third-order valence-electron chi connectivity index (χ3n) is 2.15. The molecule has 1 N–H and O–H groups in total. The topological polar surface area (TPSA) is 46.2 Å². The number of rotatable bonds is 6. The molecule has 1 heterocycles. The Bertz CT molecular complexity index is 482. The van der Waals surface area contributed by atoms with Crippen molar-refractivity contribution >= 4 is 64.8 Å². The molecule has 3 nitrogen and oxygen atoms in total. The average molecular weight is 440 g/mol. The van der Waals surface area contributed by atoms with E-state index in [9.17, 15) is 8.42 Å². The van der Waals surface area contributed by atoms with Crippen molar-refractivity contribution in [3.05, 3.63) is 14.9 Å². The van der Waals surface area contributed by atoms with E-state index in [1.54, 1.807) is 0 Å². The number of hydrogen-bond acceptors (Lipinski definition) is 3. The van der Waals surface area contributed by atoms with E-state index in [2.05, 4.69) is 50.4 Å². The van der Waals surface area contributed by atoms with Crippen molar-refractivity contribution in [2.24, 2.45) is 5.92 Å². The lowest BCUT2D eigenvalue weighted by molar-refractivity contribution is 0.489. The molecule has 0 aliphatic carbocycles. The monoisotopic (exact) mass is 437 g/mol. The average Bonchev–Trinajstić information content (AvgIpc) is 2.58. The fourth-order valence-corrected chi connectivity index (χ4v) is 5.75. The standard InChI is InChI=1S/C10H14Br2ClNO2S2/c1-6(2)3-7(5-11)14-18(15,16)9-4-8(13)10(12)17-9/h4,6-7,14H,3,5H2,1-2H3. The van der Waals surface area contributed by atoms with Crippen LogP contribution in [0.3, 0.4) is 0 Å². The van der Waals surface area contributed by atoms with Gasteiger partial charge in [0.1, 0.15) is 4.21 Å². The summed E-state index contributed by atoms with van der Waals surface area (Å²) in [6.07, 6.45) is 0.782. The summed E-state index contributed by atoms with van der Waals surface area (Å²) in [5.74, 6) is 0.425. The predicted octanol–water partition coefficient (Wildman–Crippen LogP) is 4.25. The highest BCUT2D eigenvalue weighted by Crippen LogP contribution is 2.34. The molecule has 1 aromatic heterocycles. The first-order valence-corrected chi connectivity index (χ1v) is 9.88. The normalized spacial score (nSPS) is 14.1. The van der Waals surface area contributed by atoms with E-state index in [0.29, 0.717) is 20.1 Å². The van der Waals surface area contributed by atoms with E-state index in [4.69, 9.17) is 11.6 Å². The maximum absolute atomic E-state index is 12.1. The van der Waals surface area contributed by atoms with E-state index >= 15 is 0 Å². The van der Waals surface area contributed by atoms with Crippen molar-refractivity contribution in [1.29, 1.82) is 0 Å². The van der Waals surface area contributed by atoms with Crippen molar-refractivity contribution in [1.82, 2.24) is 4.72 Å². The minimum absolute atomic E-state index is 0.116. The fraction of sp³-hybridized carbons (Fsp3) is 0.600. The number of halogens is 3. The largest absolute Gasteiger partial charge is 0.250 e. The Morgan fingerprint density at radius 1 is 1.50 bits per heavy atom. The second-order valence-corrected chi connectivity index (χ2v) is 9.65. The molecule has 1 rings (SSSR count). The van der Waals surface area contributed by atoms with Crippen LogP contribution in [0.4, 0.5) is 0 Å². The van der Waals surface area contributed by atoms with Gasteiger partial charge in [-0.25, -0.2) is 13.1 Å². The van der Waals surface area contributed by atoms with Crippen LogP contribution in [0.25, 0.3) is 0 Å². The highest BCUT2D eigenvalue weighted by molar-refractivity contribution is 9.11. The van der Waals surface area contributed by atoms with Crippen LogP contribution in [0.15, 0.2) is 14.1 Å². The van der Waals surface area contributed by atoms with Crippen molar-refractivity contribution in [2.75, 3.05) is 5.33 Å². The first-order chi connectivity index (χ1) is 8.26. The highest BCUT2D eigenvalue weighted by Gasteiger charge is 2.23. The maximum Gasteiger partial charge on any atom is 0.250 e. The Kier molecular flexibility index (Phi) is 6.61. The molecule has 0 aliphatic heterocycles. The van der Waals surface area contributed by atoms with Gasteiger partial charge >= 0.3 is 0 Å². The Morgan fingerprint density at radius 2 is 2.11 bits per heavy atom. The summed E-state index contributed by atoms with van der Waals surface area (Å²) in [4.78, 5) is 0. The minimum atomic E-state index is -3.49. The third-order valence-corrected chi connectivity index (χ3v) is 7.40. The number of sulfonamides is 1. The summed E-state index contributed by atoms with van der Waals surface area (Å²) in [5, 5.41) is 1.00. The Labute approximate surface area is 134 Å². The molecule has 0 radical (unpaired) electrons. The molecule has 18 heavy (non-hydrogen) atoms. The van der Waals surface area contributed by atoms with Crippen LogP contribution >= 0.6 is 54.8 Å². The van der Waals surface area contributed by atoms with E-state index in [1.165, 1.54) is 6.07 Å². The smallest absolute Gasteiger partial charge is 0.207 e. The lowest BCUT2D eigenvalue weighted by Crippen LogP contribution is -2.36. The van der Waals surface area contributed by atoms with Crippen LogP contribution in [0.1, 0.15) is 20.3 Å². The third kappa shape index (κ3) is 4.76. The zero-order valence-corrected chi connectivity index (χ0v) is 15.5. The number of alkyl halides is 1. The van der Waals surface area contributed by atoms with Gasteiger partial charge in [-0.1, -0.05) is 41.4 Å². The SMILES string of the molecule is CC(C)CC(CBr)NS(=O)(=O)c1cc(Cl)c(Br)s1. The van der Waals surface area contributed by atoms with Gasteiger partial charge in [-0.2, -0.15) is 0 Å². The molecule has 0 aromatic carbocycles. The molecule has 0 bridgehead atoms. The van der Waals surface area contributed by atoms with Gasteiger partial charge in [0.25, 0.3) is 0 Å². The van der Waals surface area contributed by atoms with E-state index in [-0.39, 0.29) is 10.3 Å². The van der Waals surface area contributed by atoms with E-state index < -0.39 is 10.0 Å². The van der Waals surface area contributed by atoms with Gasteiger partial charge in [-0.05, 0) is 34.3 Å². The van der Waals surface area contributed by atoms with E-state index in [0.717, 1.165) is 17.8 Å². The van der Waals surface area contributed by atoms with Crippen LogP contribution in [0.5, 0.6) is 0 Å². The molecule has 0 aliphatic rings. The van der Waals surface area contributed by atoms with Gasteiger partial charge in [0.05, 0.1) is 8.81 Å². The molecule has 1 aromatic rings. The predicted molar refractivity (Wildman–Crippen MR) is 84.4 cm³/mol. The summed E-state index contributed by atoms with van der Waals surface area (Å²) in [5.41, 5.74) is 0. The van der Waals surface area contributed by atoms with Crippen LogP contribution in [-0.2, 0) is 10.0 Å². The summed E-state index contributed by atoms with van der Waals surface area (Å²) in [6.45, 7) is 4.12. The van der Waals surface area contributed by atoms with Gasteiger partial charge in [0, 0.05) is 11.4 Å². The summed E-state index contributed by atoms with van der Waals surface area (Å²) < 4.78 is 27.8. The molecule has 8 heteroatoms. The van der Waals surface area contributed by atoms with Crippen LogP contribution in [0, 0.1) is 5.92 Å². The zero-order valence-electron chi connectivity index (χ0n) is 9.91. The van der Waals surface area contributed by atoms with Gasteiger partial charge in [0.15, 0.2) is 0 Å². The van der Waals surface area contributed by atoms with Crippen molar-refractivity contribution in [2.45, 2.75) is 30.5 Å². The molecule has 0 fully saturated rings. The highest BCUT2D eigenvalue weighted by atomic mass is 79.9. The minimum Gasteiger partial charge on any atom is -0.207 e. The summed E-state index contributed by atoms with van der Waals surface area (Å²) in [7, 11) is -3.49. The van der Waals surface area contributed by atoms with Gasteiger partial charge in [-0.15, -0.1) is 11.3 Å². The first kappa shape index (κ1) is 16.9. The van der Waals surface area contributed by atoms with Crippen molar-refractivity contribution in [3.8, 4) is 0 Å². The lowest BCUT2D eigenvalue weighted by atomic mass is 10.1. The molecule has 0 amide bonds. The molecule has 0 saturated carbocycles. The Balaban J connectivity index is 2.87. The van der Waals surface area contributed by atoms with Crippen LogP contribution in [-0.4, -0.2) is 19.8 Å². The maximum atomic E-state index is 12.1. The second-order valence-electron chi connectivity index (χ2n) is 4.29. The molecule has 0 spiro atoms. The molecular formula is C10H14Br2ClNO2S2. The van der Waals surface area contributed by atoms with Crippen LogP contribution < -0.4 is 4.72 Å². The first-order valence-electron chi connectivity index (χ1n) is 5.29. The molecule has 1 atom stereocenters. The molecule has 0 saturated heterocycles. The molecule has 1 unspecified atom stereocenters. The number of nitrogens with one attached hydrogen (secondary N) is 1. The van der Waals surface area contributed by atoms with Crippen molar-refractivity contribution < 1.29 is 8.42 Å². The fourth-order valence-electron chi connectivity index (χ4n) is 1.45. The van der Waals surface area contributed by atoms with Gasteiger partial charge in [0.2, 0.25) is 10.0 Å². The molecular weight excluding hydrogens is 426 g/mol. The van der Waals surface area contributed by atoms with E-state index in [1.807, 2.05) is 0 Å². The van der Waals surface area contributed by atoms with Crippen molar-refractivity contribution in [3.63, 3.8) is 0 Å². The van der Waals surface area contributed by atoms with Crippen LogP contribution in [0.2, 0.25) is 5.02 Å². The lowest BCUT2D eigenvalue weighted by Gasteiger charge is -2.17. The quantitative estimate of drug-likeness (QED) is 0.674. The Hall–Kier alpha value is 0.860. The van der Waals surface area contributed by atoms with Gasteiger partial charge in [-0.3, -0.25) is 0 Å². The summed E-state index contributed by atoms with van der Waals surface area (Å²) >= 11 is 13.5.